The molecule has 0 heterocycles. The van der Waals surface area contributed by atoms with Crippen molar-refractivity contribution in [3.8, 4) is 0 Å². The lowest BCUT2D eigenvalue weighted by Crippen LogP contribution is -2.36. The average molecular weight is 550 g/mol. The largest absolute Gasteiger partial charge is 0.462 e. The van der Waals surface area contributed by atoms with Gasteiger partial charge in [-0.2, -0.15) is 0 Å². The number of rotatable bonds is 10. The van der Waals surface area contributed by atoms with E-state index in [9.17, 15) is 9.90 Å². The van der Waals surface area contributed by atoms with E-state index in [0.717, 1.165) is 49.8 Å². The molecule has 5 atom stereocenters. The van der Waals surface area contributed by atoms with E-state index < -0.39 is 5.60 Å². The monoisotopic (exact) mass is 548 g/mol. The molecule has 3 saturated carbocycles. The van der Waals surface area contributed by atoms with Gasteiger partial charge in [0.05, 0.1) is 5.60 Å². The fourth-order valence-electron chi connectivity index (χ4n) is 7.21. The van der Waals surface area contributed by atoms with E-state index in [2.05, 4.69) is 48.5 Å². The van der Waals surface area contributed by atoms with Gasteiger partial charge in [-0.15, -0.1) is 0 Å². The highest BCUT2D eigenvalue weighted by molar-refractivity contribution is 9.09. The molecule has 0 aromatic rings. The van der Waals surface area contributed by atoms with Gasteiger partial charge in [0.2, 0.25) is 0 Å². The van der Waals surface area contributed by atoms with Crippen LogP contribution in [0.5, 0.6) is 0 Å². The van der Waals surface area contributed by atoms with Crippen molar-refractivity contribution in [2.75, 3.05) is 5.33 Å². The van der Waals surface area contributed by atoms with E-state index >= 15 is 0 Å². The minimum absolute atomic E-state index is 0.00907. The molecule has 0 amide bonds. The van der Waals surface area contributed by atoms with Crippen LogP contribution in [0.15, 0.2) is 35.5 Å². The number of aliphatic hydroxyl groups is 1. The summed E-state index contributed by atoms with van der Waals surface area (Å²) in [5.41, 5.74) is 3.95. The van der Waals surface area contributed by atoms with Crippen LogP contribution in [0.25, 0.3) is 0 Å². The van der Waals surface area contributed by atoms with E-state index in [0.29, 0.717) is 23.7 Å². The Labute approximate surface area is 223 Å². The Morgan fingerprint density at radius 1 is 1.26 bits per heavy atom. The Bertz CT molecular complexity index is 805. The van der Waals surface area contributed by atoms with E-state index in [-0.39, 0.29) is 12.1 Å². The standard InChI is InChI=1S/C31H49BrO3/c1-22-12-15-26(35-29(33)11-8-20-32)21-25(22)14-13-24-10-7-19-31(5)27(16-17-28(24)31)23(2)9-6-18-30(3,4)34/h13-14,23,26-28,34H,1,6-12,15-21H2,2-5H3/b24-13+,25-14+. The molecule has 3 aliphatic rings. The fraction of sp³-hybridized carbons (Fsp3) is 0.774. The molecule has 5 unspecified atom stereocenters. The Morgan fingerprint density at radius 3 is 2.74 bits per heavy atom. The number of fused-ring (bicyclic) bond motifs is 1. The van der Waals surface area contributed by atoms with Gasteiger partial charge in [-0.25, -0.2) is 0 Å². The maximum atomic E-state index is 12.1. The predicted molar refractivity (Wildman–Crippen MR) is 150 cm³/mol. The lowest BCUT2D eigenvalue weighted by atomic mass is 9.60. The summed E-state index contributed by atoms with van der Waals surface area (Å²) < 4.78 is 5.76. The van der Waals surface area contributed by atoms with Gasteiger partial charge in [0.1, 0.15) is 6.10 Å². The number of halogens is 1. The molecule has 3 fully saturated rings. The Hall–Kier alpha value is -0.870. The first-order valence-electron chi connectivity index (χ1n) is 14.1. The van der Waals surface area contributed by atoms with Crippen LogP contribution in [0, 0.1) is 23.2 Å². The van der Waals surface area contributed by atoms with Gasteiger partial charge in [0, 0.05) is 18.2 Å². The minimum Gasteiger partial charge on any atom is -0.462 e. The third-order valence-electron chi connectivity index (χ3n) is 9.15. The highest BCUT2D eigenvalue weighted by atomic mass is 79.9. The van der Waals surface area contributed by atoms with Crippen LogP contribution in [0.1, 0.15) is 111 Å². The first kappa shape index (κ1) is 28.7. The second-order valence-electron chi connectivity index (χ2n) is 12.5. The zero-order valence-corrected chi connectivity index (χ0v) is 24.3. The number of ether oxygens (including phenoxy) is 1. The van der Waals surface area contributed by atoms with Crippen molar-refractivity contribution in [1.82, 2.24) is 0 Å². The number of alkyl halides is 1. The molecule has 0 aromatic heterocycles. The number of allylic oxidation sites excluding steroid dienone is 4. The normalized spacial score (nSPS) is 32.6. The van der Waals surface area contributed by atoms with Crippen LogP contribution in [-0.2, 0) is 9.53 Å². The molecule has 198 valence electrons. The molecular formula is C31H49BrO3. The fourth-order valence-corrected chi connectivity index (χ4v) is 7.49. The third-order valence-corrected chi connectivity index (χ3v) is 9.71. The summed E-state index contributed by atoms with van der Waals surface area (Å²) >= 11 is 3.39. The van der Waals surface area contributed by atoms with Crippen LogP contribution in [0.4, 0.5) is 0 Å². The van der Waals surface area contributed by atoms with Crippen molar-refractivity contribution in [3.05, 3.63) is 35.5 Å². The van der Waals surface area contributed by atoms with Crippen molar-refractivity contribution in [3.63, 3.8) is 0 Å². The summed E-state index contributed by atoms with van der Waals surface area (Å²) in [5.74, 6) is 2.10. The quantitative estimate of drug-likeness (QED) is 0.220. The molecule has 3 rings (SSSR count). The van der Waals surface area contributed by atoms with Gasteiger partial charge in [-0.3, -0.25) is 4.79 Å². The van der Waals surface area contributed by atoms with Crippen molar-refractivity contribution in [2.24, 2.45) is 23.2 Å². The van der Waals surface area contributed by atoms with Gasteiger partial charge in [0.25, 0.3) is 0 Å². The second kappa shape index (κ2) is 12.6. The average Bonchev–Trinajstić information content (AvgIpc) is 3.14. The first-order chi connectivity index (χ1) is 16.5. The zero-order chi connectivity index (χ0) is 25.6. The van der Waals surface area contributed by atoms with Crippen LogP contribution in [0.2, 0.25) is 0 Å². The Balaban J connectivity index is 1.64. The molecular weight excluding hydrogens is 500 g/mol. The van der Waals surface area contributed by atoms with Gasteiger partial charge in [0.15, 0.2) is 0 Å². The number of hydrogen-bond acceptors (Lipinski definition) is 3. The smallest absolute Gasteiger partial charge is 0.306 e. The lowest BCUT2D eigenvalue weighted by molar-refractivity contribution is -0.149. The second-order valence-corrected chi connectivity index (χ2v) is 13.3. The van der Waals surface area contributed by atoms with Crippen molar-refractivity contribution < 1.29 is 14.6 Å². The number of carbonyl (C=O) groups is 1. The topological polar surface area (TPSA) is 46.5 Å². The van der Waals surface area contributed by atoms with Crippen molar-refractivity contribution in [1.29, 1.82) is 0 Å². The predicted octanol–water partition coefficient (Wildman–Crippen LogP) is 8.46. The zero-order valence-electron chi connectivity index (χ0n) is 22.7. The van der Waals surface area contributed by atoms with Crippen LogP contribution >= 0.6 is 15.9 Å². The SMILES string of the molecule is C=C1CCC(OC(=O)CCCBr)C/C1=C\C=C1/CCCC2(C)C1CCC2C(C)CCCC(C)(C)O. The Morgan fingerprint density at radius 2 is 2.03 bits per heavy atom. The Kier molecular flexibility index (Phi) is 10.3. The number of hydrogen-bond donors (Lipinski definition) is 1. The molecule has 3 nitrogen and oxygen atoms in total. The van der Waals surface area contributed by atoms with Crippen LogP contribution in [0.3, 0.4) is 0 Å². The van der Waals surface area contributed by atoms with Crippen molar-refractivity contribution >= 4 is 21.9 Å². The van der Waals surface area contributed by atoms with Gasteiger partial charge < -0.3 is 9.84 Å². The molecule has 0 aliphatic heterocycles. The summed E-state index contributed by atoms with van der Waals surface area (Å²) in [6.45, 7) is 13.2. The van der Waals surface area contributed by atoms with Crippen molar-refractivity contribution in [2.45, 2.75) is 123 Å². The van der Waals surface area contributed by atoms with E-state index in [1.54, 1.807) is 5.57 Å². The highest BCUT2D eigenvalue weighted by Crippen LogP contribution is 2.60. The maximum Gasteiger partial charge on any atom is 0.306 e. The summed E-state index contributed by atoms with van der Waals surface area (Å²) in [4.78, 5) is 12.1. The molecule has 0 aromatic carbocycles. The van der Waals surface area contributed by atoms with E-state index in [1.165, 1.54) is 49.7 Å². The number of esters is 1. The minimum atomic E-state index is -0.551. The molecule has 35 heavy (non-hydrogen) atoms. The van der Waals surface area contributed by atoms with E-state index in [1.807, 2.05) is 13.8 Å². The molecule has 0 bridgehead atoms. The molecule has 0 saturated heterocycles. The molecule has 3 aliphatic carbocycles. The first-order valence-corrected chi connectivity index (χ1v) is 15.2. The maximum absolute atomic E-state index is 12.1. The molecule has 1 N–H and O–H groups in total. The molecule has 0 radical (unpaired) electrons. The van der Waals surface area contributed by atoms with Gasteiger partial charge >= 0.3 is 5.97 Å². The van der Waals surface area contributed by atoms with E-state index in [4.69, 9.17) is 4.74 Å². The van der Waals surface area contributed by atoms with Crippen LogP contribution < -0.4 is 0 Å². The third kappa shape index (κ3) is 7.81. The molecule has 0 spiro atoms. The van der Waals surface area contributed by atoms with Crippen LogP contribution in [-0.4, -0.2) is 28.1 Å². The van der Waals surface area contributed by atoms with Gasteiger partial charge in [-0.1, -0.05) is 72.5 Å². The summed E-state index contributed by atoms with van der Waals surface area (Å²) in [6.07, 6.45) is 18.3. The summed E-state index contributed by atoms with van der Waals surface area (Å²) in [6, 6.07) is 0. The van der Waals surface area contributed by atoms with Gasteiger partial charge in [-0.05, 0) is 100 Å². The highest BCUT2D eigenvalue weighted by Gasteiger charge is 2.50. The number of carbonyl (C=O) groups excluding carboxylic acids is 1. The summed E-state index contributed by atoms with van der Waals surface area (Å²) in [7, 11) is 0. The molecule has 4 heteroatoms. The lowest BCUT2D eigenvalue weighted by Gasteiger charge is -2.44. The summed E-state index contributed by atoms with van der Waals surface area (Å²) in [5, 5.41) is 10.9.